The van der Waals surface area contributed by atoms with Gasteiger partial charge in [0, 0.05) is 12.8 Å². The lowest BCUT2D eigenvalue weighted by atomic mass is 9.74. The van der Waals surface area contributed by atoms with Crippen LogP contribution >= 0.6 is 0 Å². The Hall–Kier alpha value is -3.15. The topological polar surface area (TPSA) is 64.8 Å². The first-order valence-corrected chi connectivity index (χ1v) is 17.0. The fourth-order valence-electron chi connectivity index (χ4n) is 6.95. The molecule has 2 aromatic rings. The Labute approximate surface area is 270 Å². The highest BCUT2D eigenvalue weighted by Crippen LogP contribution is 2.45. The van der Waals surface area contributed by atoms with E-state index in [0.717, 1.165) is 12.3 Å². The van der Waals surface area contributed by atoms with E-state index in [1.165, 1.54) is 27.8 Å². The highest BCUT2D eigenvalue weighted by atomic mass is 16.5. The third-order valence-corrected chi connectivity index (χ3v) is 10.1. The molecule has 3 aliphatic heterocycles. The van der Waals surface area contributed by atoms with Crippen LogP contribution in [0.5, 0.6) is 0 Å². The van der Waals surface area contributed by atoms with E-state index in [-0.39, 0.29) is 35.1 Å². The Kier molecular flexibility index (Phi) is 8.19. The molecule has 0 N–H and O–H groups in total. The van der Waals surface area contributed by atoms with Crippen molar-refractivity contribution in [2.45, 2.75) is 124 Å². The van der Waals surface area contributed by atoms with Crippen LogP contribution in [0, 0.1) is 17.3 Å². The fourth-order valence-corrected chi connectivity index (χ4v) is 6.95. The molecule has 0 bridgehead atoms. The molecular weight excluding hydrogens is 558 g/mol. The van der Waals surface area contributed by atoms with Crippen LogP contribution in [-0.2, 0) is 37.9 Å². The molecule has 1 aliphatic carbocycles. The second-order valence-corrected chi connectivity index (χ2v) is 16.5. The molecule has 0 radical (unpaired) electrons. The van der Waals surface area contributed by atoms with Crippen LogP contribution in [0.3, 0.4) is 0 Å². The summed E-state index contributed by atoms with van der Waals surface area (Å²) in [5, 5.41) is 0. The molecule has 2 aromatic carbocycles. The van der Waals surface area contributed by atoms with Gasteiger partial charge >= 0.3 is 0 Å². The summed E-state index contributed by atoms with van der Waals surface area (Å²) in [6, 6.07) is 15.9. The van der Waals surface area contributed by atoms with Crippen LogP contribution in [0.15, 0.2) is 57.4 Å². The van der Waals surface area contributed by atoms with Gasteiger partial charge in [0.05, 0.1) is 12.1 Å². The van der Waals surface area contributed by atoms with Crippen LogP contribution in [-0.4, -0.2) is 49.1 Å². The molecule has 242 valence electrons. The molecule has 4 atom stereocenters. The van der Waals surface area contributed by atoms with E-state index in [0.29, 0.717) is 49.7 Å². The highest BCUT2D eigenvalue weighted by molar-refractivity contribution is 6.09. The normalized spacial score (nSPS) is 24.6. The molecule has 6 rings (SSSR count). The molecule has 0 unspecified atom stereocenters. The minimum atomic E-state index is -0.768. The Bertz CT molecular complexity index is 1450. The zero-order valence-electron chi connectivity index (χ0n) is 29.1. The Morgan fingerprint density at radius 3 is 1.80 bits per heavy atom. The first-order valence-electron chi connectivity index (χ1n) is 17.0. The zero-order chi connectivity index (χ0) is 32.3. The van der Waals surface area contributed by atoms with Crippen LogP contribution in [0.4, 0.5) is 0 Å². The third-order valence-electron chi connectivity index (χ3n) is 10.1. The quantitative estimate of drug-likeness (QED) is 0.302. The SMILES string of the molecule is CC(C)[C@H]1COC(C(CC2=N[C@@H]3c4ccccc4C[C@@H]3O2)(Cc2cc(C(C)(C)C)cc(C(C)(C)C)c2)C2=N[C@@H](C(C)C)CO2)=N1. The van der Waals surface area contributed by atoms with Crippen molar-refractivity contribution >= 4 is 17.7 Å². The molecule has 3 heterocycles. The standard InChI is InChI=1S/C39H53N3O3/c1-23(2)30-21-43-35(40-30)39(36-41-31(22-44-36)24(3)4,19-25-15-27(37(5,6)7)18-28(16-25)38(8,9)10)20-33-42-34-29-14-12-11-13-26(29)17-32(34)45-33/h11-16,18,23-24,30-32,34H,17,19-22H2,1-10H3/t30-,31-,32+,34-/m1/s1. The molecule has 6 heteroatoms. The summed E-state index contributed by atoms with van der Waals surface area (Å²) < 4.78 is 19.9. The van der Waals surface area contributed by atoms with Crippen molar-refractivity contribution in [2.24, 2.45) is 32.2 Å². The minimum Gasteiger partial charge on any atom is -0.478 e. The summed E-state index contributed by atoms with van der Waals surface area (Å²) in [7, 11) is 0. The number of hydrogen-bond acceptors (Lipinski definition) is 6. The second kappa shape index (κ2) is 11.6. The average molecular weight is 612 g/mol. The fraction of sp³-hybridized carbons (Fsp3) is 0.615. The summed E-state index contributed by atoms with van der Waals surface area (Å²) in [6.45, 7) is 23.7. The highest BCUT2D eigenvalue weighted by Gasteiger charge is 2.52. The second-order valence-electron chi connectivity index (χ2n) is 16.5. The summed E-state index contributed by atoms with van der Waals surface area (Å²) in [4.78, 5) is 15.8. The van der Waals surface area contributed by atoms with E-state index in [1.807, 2.05) is 0 Å². The predicted octanol–water partition coefficient (Wildman–Crippen LogP) is 8.20. The Morgan fingerprint density at radius 1 is 0.733 bits per heavy atom. The Morgan fingerprint density at radius 2 is 1.29 bits per heavy atom. The van der Waals surface area contributed by atoms with Gasteiger partial charge in [0.2, 0.25) is 11.8 Å². The van der Waals surface area contributed by atoms with Crippen molar-refractivity contribution in [1.82, 2.24) is 0 Å². The van der Waals surface area contributed by atoms with Crippen molar-refractivity contribution in [3.63, 3.8) is 0 Å². The number of ether oxygens (including phenoxy) is 3. The van der Waals surface area contributed by atoms with Gasteiger partial charge in [-0.05, 0) is 56.9 Å². The average Bonchev–Trinajstić information content (AvgIpc) is 3.75. The van der Waals surface area contributed by atoms with Gasteiger partial charge in [-0.3, -0.25) is 0 Å². The first-order chi connectivity index (χ1) is 21.1. The maximum absolute atomic E-state index is 6.71. The first kappa shape index (κ1) is 31.8. The van der Waals surface area contributed by atoms with E-state index in [4.69, 9.17) is 29.2 Å². The van der Waals surface area contributed by atoms with Gasteiger partial charge in [-0.1, -0.05) is 112 Å². The number of benzene rings is 2. The van der Waals surface area contributed by atoms with Crippen LogP contribution < -0.4 is 0 Å². The summed E-state index contributed by atoms with van der Waals surface area (Å²) in [5.74, 6) is 2.91. The van der Waals surface area contributed by atoms with E-state index in [1.54, 1.807) is 0 Å². The van der Waals surface area contributed by atoms with E-state index >= 15 is 0 Å². The number of hydrogen-bond donors (Lipinski definition) is 0. The predicted molar refractivity (Wildman–Crippen MR) is 184 cm³/mol. The monoisotopic (exact) mass is 611 g/mol. The minimum absolute atomic E-state index is 0.00359. The summed E-state index contributed by atoms with van der Waals surface area (Å²) >= 11 is 0. The number of fused-ring (bicyclic) bond motifs is 3. The maximum Gasteiger partial charge on any atom is 0.200 e. The lowest BCUT2D eigenvalue weighted by molar-refractivity contribution is 0.191. The van der Waals surface area contributed by atoms with Gasteiger partial charge in [-0.15, -0.1) is 0 Å². The summed E-state index contributed by atoms with van der Waals surface area (Å²) in [6.07, 6.45) is 2.04. The van der Waals surface area contributed by atoms with Gasteiger partial charge in [0.15, 0.2) is 5.90 Å². The van der Waals surface area contributed by atoms with E-state index in [2.05, 4.69) is 112 Å². The maximum atomic E-state index is 6.71. The zero-order valence-corrected chi connectivity index (χ0v) is 29.1. The van der Waals surface area contributed by atoms with Gasteiger partial charge in [-0.2, -0.15) is 0 Å². The van der Waals surface area contributed by atoms with Crippen molar-refractivity contribution in [1.29, 1.82) is 0 Å². The van der Waals surface area contributed by atoms with Gasteiger partial charge in [-0.25, -0.2) is 15.0 Å². The largest absolute Gasteiger partial charge is 0.478 e. The molecule has 6 nitrogen and oxygen atoms in total. The molecular formula is C39H53N3O3. The number of nitrogens with zero attached hydrogens (tertiary/aromatic N) is 3. The van der Waals surface area contributed by atoms with Crippen LogP contribution in [0.1, 0.15) is 110 Å². The molecule has 0 fully saturated rings. The van der Waals surface area contributed by atoms with E-state index in [9.17, 15) is 0 Å². The molecule has 4 aliphatic rings. The molecule has 45 heavy (non-hydrogen) atoms. The number of aliphatic imine (C=N–C) groups is 3. The van der Waals surface area contributed by atoms with Gasteiger partial charge in [0.25, 0.3) is 0 Å². The van der Waals surface area contributed by atoms with Crippen LogP contribution in [0.25, 0.3) is 0 Å². The molecule has 0 amide bonds. The number of rotatable bonds is 8. The molecule has 0 spiro atoms. The molecule has 0 aromatic heterocycles. The Balaban J connectivity index is 1.50. The third kappa shape index (κ3) is 6.18. The smallest absolute Gasteiger partial charge is 0.200 e. The van der Waals surface area contributed by atoms with Gasteiger partial charge in [0.1, 0.15) is 30.8 Å². The van der Waals surface area contributed by atoms with Crippen molar-refractivity contribution in [3.8, 4) is 0 Å². The van der Waals surface area contributed by atoms with Crippen LogP contribution in [0.2, 0.25) is 0 Å². The molecule has 0 saturated heterocycles. The van der Waals surface area contributed by atoms with E-state index < -0.39 is 5.41 Å². The van der Waals surface area contributed by atoms with Crippen molar-refractivity contribution < 1.29 is 14.2 Å². The lowest BCUT2D eigenvalue weighted by Crippen LogP contribution is -2.44. The molecule has 0 saturated carbocycles. The lowest BCUT2D eigenvalue weighted by Gasteiger charge is -2.33. The summed E-state index contributed by atoms with van der Waals surface area (Å²) in [5.41, 5.74) is 5.71. The van der Waals surface area contributed by atoms with Crippen molar-refractivity contribution in [3.05, 3.63) is 70.3 Å². The van der Waals surface area contributed by atoms with Crippen molar-refractivity contribution in [2.75, 3.05) is 13.2 Å². The van der Waals surface area contributed by atoms with Gasteiger partial charge < -0.3 is 14.2 Å².